The van der Waals surface area contributed by atoms with E-state index in [4.69, 9.17) is 0 Å². The molecule has 0 unspecified atom stereocenters. The second-order valence-corrected chi connectivity index (χ2v) is 5.51. The third-order valence-electron chi connectivity index (χ3n) is 2.85. The molecule has 2 aromatic rings. The molecule has 0 saturated heterocycles. The quantitative estimate of drug-likeness (QED) is 0.921. The molecule has 0 saturated carbocycles. The van der Waals surface area contributed by atoms with Gasteiger partial charge < -0.3 is 0 Å². The molecule has 0 fully saturated rings. The van der Waals surface area contributed by atoms with E-state index in [0.29, 0.717) is 16.6 Å². The second-order valence-electron chi connectivity index (χ2n) is 4.55. The number of halogens is 1. The smallest absolute Gasteiger partial charge is 0.182 e. The lowest BCUT2D eigenvalue weighted by Crippen LogP contribution is -2.25. The van der Waals surface area contributed by atoms with Crippen molar-refractivity contribution in [3.63, 3.8) is 0 Å². The number of nitrogens with zero attached hydrogens (tertiary/aromatic N) is 5. The average molecular weight is 304 g/mol. The van der Waals surface area contributed by atoms with Crippen molar-refractivity contribution >= 4 is 28.3 Å². The molecule has 21 heavy (non-hydrogen) atoms. The van der Waals surface area contributed by atoms with Crippen molar-refractivity contribution in [3.8, 4) is 0 Å². The van der Waals surface area contributed by atoms with Crippen LogP contribution in [0, 0.1) is 12.7 Å². The summed E-state index contributed by atoms with van der Waals surface area (Å²) < 4.78 is 13.7. The van der Waals surface area contributed by atoms with Crippen molar-refractivity contribution in [1.29, 1.82) is 0 Å². The van der Waals surface area contributed by atoms with Gasteiger partial charge in [-0.1, -0.05) is 17.8 Å². The van der Waals surface area contributed by atoms with Gasteiger partial charge in [-0.2, -0.15) is 20.1 Å². The normalized spacial score (nSPS) is 16.7. The second kappa shape index (κ2) is 5.65. The molecular formula is C13H13FN6S. The van der Waals surface area contributed by atoms with E-state index in [2.05, 4.69) is 25.7 Å². The van der Waals surface area contributed by atoms with Gasteiger partial charge in [0, 0.05) is 12.8 Å². The lowest BCUT2D eigenvalue weighted by atomic mass is 10.2. The Morgan fingerprint density at radius 3 is 2.95 bits per heavy atom. The molecule has 1 aliphatic rings. The van der Waals surface area contributed by atoms with Crippen molar-refractivity contribution in [3.05, 3.63) is 41.5 Å². The number of hydrazone groups is 1. The van der Waals surface area contributed by atoms with Crippen LogP contribution in [0.25, 0.3) is 0 Å². The molecular weight excluding hydrogens is 291 g/mol. The lowest BCUT2D eigenvalue weighted by Gasteiger charge is -2.13. The average Bonchev–Trinajstić information content (AvgIpc) is 2.90. The van der Waals surface area contributed by atoms with E-state index >= 15 is 0 Å². The number of rotatable bonds is 2. The Morgan fingerprint density at radius 1 is 1.43 bits per heavy atom. The lowest BCUT2D eigenvalue weighted by molar-refractivity contribution is 0.629. The fraction of sp³-hybridized carbons (Fsp3) is 0.231. The highest BCUT2D eigenvalue weighted by atomic mass is 32.2. The monoisotopic (exact) mass is 304 g/mol. The summed E-state index contributed by atoms with van der Waals surface area (Å²) in [4.78, 5) is 5.74. The van der Waals surface area contributed by atoms with Crippen LogP contribution in [0.1, 0.15) is 11.3 Å². The van der Waals surface area contributed by atoms with Crippen LogP contribution in [0.15, 0.2) is 34.5 Å². The standard InChI is InChI=1S/C13H13FN6S/c1-8-3-4-9(14)10(5-8)16-13-18-17-12(7-21-13)11-6-15-20(2)19-11/h3-6H,7H2,1-2H3,(H,16,18). The SMILES string of the molecule is Cc1ccc(F)c(N=C2NN=C(c3cnn(C)n3)CS2)c1. The fourth-order valence-electron chi connectivity index (χ4n) is 1.80. The van der Waals surface area contributed by atoms with E-state index in [1.54, 1.807) is 25.4 Å². The number of aliphatic imine (C=N–C) groups is 1. The summed E-state index contributed by atoms with van der Waals surface area (Å²) in [7, 11) is 1.75. The molecule has 0 bridgehead atoms. The fourth-order valence-corrected chi connectivity index (χ4v) is 2.56. The number of hydrogen-bond acceptors (Lipinski definition) is 5. The highest BCUT2D eigenvalue weighted by Crippen LogP contribution is 2.22. The van der Waals surface area contributed by atoms with Crippen molar-refractivity contribution < 1.29 is 4.39 Å². The Bertz CT molecular complexity index is 736. The van der Waals surface area contributed by atoms with Crippen molar-refractivity contribution in [1.82, 2.24) is 20.4 Å². The topological polar surface area (TPSA) is 67.5 Å². The summed E-state index contributed by atoms with van der Waals surface area (Å²) in [6, 6.07) is 4.83. The van der Waals surface area contributed by atoms with Gasteiger partial charge in [0.15, 0.2) is 5.17 Å². The molecule has 0 spiro atoms. The number of thioether (sulfide) groups is 1. The third kappa shape index (κ3) is 3.10. The van der Waals surface area contributed by atoms with Gasteiger partial charge in [-0.05, 0) is 24.6 Å². The van der Waals surface area contributed by atoms with E-state index in [1.165, 1.54) is 22.6 Å². The molecule has 0 amide bonds. The van der Waals surface area contributed by atoms with Crippen molar-refractivity contribution in [2.45, 2.75) is 6.92 Å². The number of hydrogen-bond donors (Lipinski definition) is 1. The van der Waals surface area contributed by atoms with Crippen molar-refractivity contribution in [2.75, 3.05) is 5.75 Å². The zero-order valence-electron chi connectivity index (χ0n) is 11.5. The van der Waals surface area contributed by atoms with Crippen LogP contribution in [0.5, 0.6) is 0 Å². The van der Waals surface area contributed by atoms with E-state index in [1.807, 2.05) is 6.92 Å². The molecule has 1 aromatic heterocycles. The molecule has 0 aliphatic carbocycles. The first-order valence-electron chi connectivity index (χ1n) is 6.29. The molecule has 1 N–H and O–H groups in total. The van der Waals surface area contributed by atoms with Gasteiger partial charge in [-0.15, -0.1) is 0 Å². The van der Waals surface area contributed by atoms with E-state index in [9.17, 15) is 4.39 Å². The predicted molar refractivity (Wildman–Crippen MR) is 81.4 cm³/mol. The Balaban J connectivity index is 1.80. The molecule has 0 radical (unpaired) electrons. The predicted octanol–water partition coefficient (Wildman–Crippen LogP) is 1.99. The van der Waals surface area contributed by atoms with Crippen LogP contribution in [0.2, 0.25) is 0 Å². The third-order valence-corrected chi connectivity index (χ3v) is 3.72. The molecule has 3 rings (SSSR count). The molecule has 1 aliphatic heterocycles. The number of nitrogens with one attached hydrogen (secondary N) is 1. The summed E-state index contributed by atoms with van der Waals surface area (Å²) in [6.45, 7) is 1.90. The molecule has 1 aromatic carbocycles. The molecule has 6 nitrogen and oxygen atoms in total. The van der Waals surface area contributed by atoms with E-state index < -0.39 is 0 Å². The largest absolute Gasteiger partial charge is 0.255 e. The zero-order chi connectivity index (χ0) is 14.8. The highest BCUT2D eigenvalue weighted by Gasteiger charge is 2.16. The number of amidine groups is 1. The summed E-state index contributed by atoms with van der Waals surface area (Å²) in [5.74, 6) is 0.261. The van der Waals surface area contributed by atoms with E-state index in [0.717, 1.165) is 17.0 Å². The summed E-state index contributed by atoms with van der Waals surface area (Å²) in [5.41, 5.74) is 5.61. The summed E-state index contributed by atoms with van der Waals surface area (Å²) >= 11 is 1.45. The van der Waals surface area contributed by atoms with Gasteiger partial charge in [0.05, 0.1) is 6.20 Å². The van der Waals surface area contributed by atoms with Gasteiger partial charge >= 0.3 is 0 Å². The van der Waals surface area contributed by atoms with Crippen LogP contribution < -0.4 is 5.43 Å². The number of aryl methyl sites for hydroxylation is 2. The van der Waals surface area contributed by atoms with Crippen LogP contribution in [-0.4, -0.2) is 31.6 Å². The van der Waals surface area contributed by atoms with Gasteiger partial charge in [0.1, 0.15) is 22.9 Å². The molecule has 8 heteroatoms. The van der Waals surface area contributed by atoms with Gasteiger partial charge in [-0.3, -0.25) is 5.43 Å². The number of benzene rings is 1. The maximum Gasteiger partial charge on any atom is 0.182 e. The minimum Gasteiger partial charge on any atom is -0.255 e. The summed E-state index contributed by atoms with van der Waals surface area (Å²) in [5, 5.41) is 13.0. The number of aromatic nitrogens is 3. The Kier molecular flexibility index (Phi) is 3.70. The van der Waals surface area contributed by atoms with Crippen LogP contribution in [0.3, 0.4) is 0 Å². The first kappa shape index (κ1) is 13.7. The maximum atomic E-state index is 13.7. The van der Waals surface area contributed by atoms with E-state index in [-0.39, 0.29) is 5.82 Å². The minimum absolute atomic E-state index is 0.308. The minimum atomic E-state index is -0.348. The van der Waals surface area contributed by atoms with Crippen LogP contribution >= 0.6 is 11.8 Å². The Hall–Kier alpha value is -2.22. The zero-order valence-corrected chi connectivity index (χ0v) is 12.4. The maximum absolute atomic E-state index is 13.7. The van der Waals surface area contributed by atoms with Gasteiger partial charge in [-0.25, -0.2) is 9.38 Å². The van der Waals surface area contributed by atoms with Crippen molar-refractivity contribution in [2.24, 2.45) is 17.1 Å². The highest BCUT2D eigenvalue weighted by molar-refractivity contribution is 8.14. The van der Waals surface area contributed by atoms with Crippen LogP contribution in [-0.2, 0) is 7.05 Å². The molecule has 108 valence electrons. The van der Waals surface area contributed by atoms with Gasteiger partial charge in [0.2, 0.25) is 0 Å². The Labute approximate surface area is 125 Å². The van der Waals surface area contributed by atoms with Gasteiger partial charge in [0.25, 0.3) is 0 Å². The first-order chi connectivity index (χ1) is 10.1. The first-order valence-corrected chi connectivity index (χ1v) is 7.27. The molecule has 0 atom stereocenters. The van der Waals surface area contributed by atoms with Crippen LogP contribution in [0.4, 0.5) is 10.1 Å². The summed E-state index contributed by atoms with van der Waals surface area (Å²) in [6.07, 6.45) is 1.66. The molecule has 2 heterocycles. The Morgan fingerprint density at radius 2 is 2.29 bits per heavy atom.